The fourth-order valence-corrected chi connectivity index (χ4v) is 2.78. The first-order valence-corrected chi connectivity index (χ1v) is 9.02. The van der Waals surface area contributed by atoms with Crippen molar-refractivity contribution in [3.63, 3.8) is 0 Å². The van der Waals surface area contributed by atoms with Crippen molar-refractivity contribution in [2.45, 2.75) is 25.9 Å². The zero-order valence-corrected chi connectivity index (χ0v) is 16.2. The van der Waals surface area contributed by atoms with Gasteiger partial charge < -0.3 is 10.2 Å². The van der Waals surface area contributed by atoms with E-state index >= 15 is 0 Å². The molecule has 0 radical (unpaired) electrons. The fraction of sp³-hybridized carbons (Fsp3) is 0.300. The van der Waals surface area contributed by atoms with Gasteiger partial charge in [-0.1, -0.05) is 52.3 Å². The Labute approximate surface area is 157 Å². The van der Waals surface area contributed by atoms with Gasteiger partial charge in [0.05, 0.1) is 0 Å². The standard InChI is InChI=1S/C20H23BrN2O2/c1-23(2)14-17-6-4-3-5-16(17)13-22-20(25)12-11-19(24)15-7-9-18(21)10-8-15/h3-10H,11-14H2,1-2H3,(H,22,25). The molecular formula is C20H23BrN2O2. The minimum Gasteiger partial charge on any atom is -0.352 e. The maximum absolute atomic E-state index is 12.1. The van der Waals surface area contributed by atoms with Crippen LogP contribution in [0.25, 0.3) is 0 Å². The fourth-order valence-electron chi connectivity index (χ4n) is 2.51. The van der Waals surface area contributed by atoms with Gasteiger partial charge in [-0.2, -0.15) is 0 Å². The summed E-state index contributed by atoms with van der Waals surface area (Å²) in [5.41, 5.74) is 2.93. The lowest BCUT2D eigenvalue weighted by molar-refractivity contribution is -0.121. The van der Waals surface area contributed by atoms with E-state index in [0.29, 0.717) is 12.1 Å². The van der Waals surface area contributed by atoms with Crippen molar-refractivity contribution >= 4 is 27.6 Å². The smallest absolute Gasteiger partial charge is 0.220 e. The Morgan fingerprint density at radius 1 is 0.960 bits per heavy atom. The summed E-state index contributed by atoms with van der Waals surface area (Å²) in [5, 5.41) is 2.91. The largest absolute Gasteiger partial charge is 0.352 e. The number of benzene rings is 2. The van der Waals surface area contributed by atoms with Crippen molar-refractivity contribution in [2.75, 3.05) is 14.1 Å². The number of carbonyl (C=O) groups excluding carboxylic acids is 2. The van der Waals surface area contributed by atoms with Crippen LogP contribution < -0.4 is 5.32 Å². The number of hydrogen-bond acceptors (Lipinski definition) is 3. The molecule has 1 N–H and O–H groups in total. The van der Waals surface area contributed by atoms with Gasteiger partial charge in [-0.3, -0.25) is 9.59 Å². The molecule has 4 nitrogen and oxygen atoms in total. The number of nitrogens with one attached hydrogen (secondary N) is 1. The maximum Gasteiger partial charge on any atom is 0.220 e. The maximum atomic E-state index is 12.1. The van der Waals surface area contributed by atoms with E-state index in [2.05, 4.69) is 32.2 Å². The van der Waals surface area contributed by atoms with Crippen LogP contribution in [0.15, 0.2) is 53.0 Å². The molecule has 0 unspecified atom stereocenters. The summed E-state index contributed by atoms with van der Waals surface area (Å²) in [7, 11) is 4.03. The number of hydrogen-bond donors (Lipinski definition) is 1. The lowest BCUT2D eigenvalue weighted by atomic mass is 10.1. The Morgan fingerprint density at radius 3 is 2.24 bits per heavy atom. The molecule has 0 heterocycles. The van der Waals surface area contributed by atoms with Gasteiger partial charge in [-0.25, -0.2) is 0 Å². The number of carbonyl (C=O) groups is 2. The van der Waals surface area contributed by atoms with Gasteiger partial charge in [0.15, 0.2) is 5.78 Å². The lowest BCUT2D eigenvalue weighted by Gasteiger charge is -2.14. The van der Waals surface area contributed by atoms with E-state index in [-0.39, 0.29) is 24.5 Å². The van der Waals surface area contributed by atoms with E-state index in [0.717, 1.165) is 16.6 Å². The van der Waals surface area contributed by atoms with E-state index in [1.54, 1.807) is 12.1 Å². The molecule has 2 aromatic rings. The first-order valence-electron chi connectivity index (χ1n) is 8.22. The first kappa shape index (κ1) is 19.3. The van der Waals surface area contributed by atoms with Gasteiger partial charge in [-0.05, 0) is 37.4 Å². The molecule has 0 bridgehead atoms. The lowest BCUT2D eigenvalue weighted by Crippen LogP contribution is -2.24. The summed E-state index contributed by atoms with van der Waals surface area (Å²) in [6, 6.07) is 15.2. The van der Waals surface area contributed by atoms with Crippen molar-refractivity contribution in [2.24, 2.45) is 0 Å². The third kappa shape index (κ3) is 6.44. The van der Waals surface area contributed by atoms with Crippen LogP contribution >= 0.6 is 15.9 Å². The van der Waals surface area contributed by atoms with Crippen LogP contribution in [-0.4, -0.2) is 30.7 Å². The highest BCUT2D eigenvalue weighted by Crippen LogP contribution is 2.13. The second-order valence-corrected chi connectivity index (χ2v) is 7.13. The number of Topliss-reactive ketones (excluding diaryl/α,β-unsaturated/α-hetero) is 1. The second kappa shape index (κ2) is 9.49. The van der Waals surface area contributed by atoms with E-state index in [9.17, 15) is 9.59 Å². The number of rotatable bonds is 8. The van der Waals surface area contributed by atoms with Crippen LogP contribution in [-0.2, 0) is 17.9 Å². The van der Waals surface area contributed by atoms with Crippen molar-refractivity contribution in [1.29, 1.82) is 0 Å². The molecule has 0 saturated heterocycles. The zero-order chi connectivity index (χ0) is 18.2. The summed E-state index contributed by atoms with van der Waals surface area (Å²) in [6.07, 6.45) is 0.414. The molecule has 0 aromatic heterocycles. The molecule has 0 atom stereocenters. The molecule has 0 spiro atoms. The number of halogens is 1. The van der Waals surface area contributed by atoms with Crippen molar-refractivity contribution in [1.82, 2.24) is 10.2 Å². The summed E-state index contributed by atoms with van der Waals surface area (Å²) in [5.74, 6) is -0.124. The molecule has 132 valence electrons. The molecule has 25 heavy (non-hydrogen) atoms. The zero-order valence-electron chi connectivity index (χ0n) is 14.6. The van der Waals surface area contributed by atoms with Gasteiger partial charge in [0.2, 0.25) is 5.91 Å². The second-order valence-electron chi connectivity index (χ2n) is 6.21. The van der Waals surface area contributed by atoms with Gasteiger partial charge in [0, 0.05) is 36.0 Å². The third-order valence-corrected chi connectivity index (χ3v) is 4.35. The Hall–Kier alpha value is -1.98. The quantitative estimate of drug-likeness (QED) is 0.683. The average molecular weight is 403 g/mol. The summed E-state index contributed by atoms with van der Waals surface area (Å²) in [6.45, 7) is 1.31. The predicted octanol–water partition coefficient (Wildman–Crippen LogP) is 3.79. The van der Waals surface area contributed by atoms with E-state index in [1.165, 1.54) is 5.56 Å². The SMILES string of the molecule is CN(C)Cc1ccccc1CNC(=O)CCC(=O)c1ccc(Br)cc1. The molecule has 0 aliphatic carbocycles. The molecular weight excluding hydrogens is 380 g/mol. The van der Waals surface area contributed by atoms with Crippen molar-refractivity contribution in [3.05, 3.63) is 69.7 Å². The van der Waals surface area contributed by atoms with E-state index in [4.69, 9.17) is 0 Å². The van der Waals surface area contributed by atoms with Gasteiger partial charge in [0.25, 0.3) is 0 Å². The van der Waals surface area contributed by atoms with Crippen LogP contribution in [0.4, 0.5) is 0 Å². The molecule has 0 aliphatic heterocycles. The normalized spacial score (nSPS) is 10.7. The summed E-state index contributed by atoms with van der Waals surface area (Å²) in [4.78, 5) is 26.3. The minimum atomic E-state index is -0.106. The molecule has 0 fully saturated rings. The van der Waals surface area contributed by atoms with Crippen LogP contribution in [0, 0.1) is 0 Å². The molecule has 0 aliphatic rings. The van der Waals surface area contributed by atoms with Gasteiger partial charge in [0.1, 0.15) is 0 Å². The topological polar surface area (TPSA) is 49.4 Å². The van der Waals surface area contributed by atoms with Gasteiger partial charge >= 0.3 is 0 Å². The van der Waals surface area contributed by atoms with Crippen LogP contribution in [0.1, 0.15) is 34.3 Å². The van der Waals surface area contributed by atoms with E-state index in [1.807, 2.05) is 44.4 Å². The number of ketones is 1. The Kier molecular flexibility index (Phi) is 7.34. The minimum absolute atomic E-state index is 0.0179. The molecule has 1 amide bonds. The molecule has 0 saturated carbocycles. The first-order chi connectivity index (χ1) is 12.0. The summed E-state index contributed by atoms with van der Waals surface area (Å²) >= 11 is 3.34. The van der Waals surface area contributed by atoms with Gasteiger partial charge in [-0.15, -0.1) is 0 Å². The monoisotopic (exact) mass is 402 g/mol. The predicted molar refractivity (Wildman–Crippen MR) is 103 cm³/mol. The number of amides is 1. The van der Waals surface area contributed by atoms with E-state index < -0.39 is 0 Å². The number of nitrogens with zero attached hydrogens (tertiary/aromatic N) is 1. The van der Waals surface area contributed by atoms with Crippen molar-refractivity contribution in [3.8, 4) is 0 Å². The molecule has 5 heteroatoms. The third-order valence-electron chi connectivity index (χ3n) is 3.83. The highest BCUT2D eigenvalue weighted by atomic mass is 79.9. The molecule has 2 aromatic carbocycles. The average Bonchev–Trinajstić information content (AvgIpc) is 2.59. The highest BCUT2D eigenvalue weighted by molar-refractivity contribution is 9.10. The van der Waals surface area contributed by atoms with Crippen molar-refractivity contribution < 1.29 is 9.59 Å². The Bertz CT molecular complexity index is 727. The Balaban J connectivity index is 1.83. The van der Waals surface area contributed by atoms with Crippen LogP contribution in [0.2, 0.25) is 0 Å². The highest BCUT2D eigenvalue weighted by Gasteiger charge is 2.10. The Morgan fingerprint density at radius 2 is 1.60 bits per heavy atom. The van der Waals surface area contributed by atoms with Crippen LogP contribution in [0.5, 0.6) is 0 Å². The molecule has 2 rings (SSSR count). The summed E-state index contributed by atoms with van der Waals surface area (Å²) < 4.78 is 0.929. The van der Waals surface area contributed by atoms with Crippen LogP contribution in [0.3, 0.4) is 0 Å².